The molecule has 1 fully saturated rings. The van der Waals surface area contributed by atoms with Crippen LogP contribution in [0.1, 0.15) is 19.4 Å². The Kier molecular flexibility index (Phi) is 5.71. The molecule has 1 aromatic heterocycles. The minimum Gasteiger partial charge on any atom is -0.340 e. The maximum atomic E-state index is 12.3. The highest BCUT2D eigenvalue weighted by Crippen LogP contribution is 2.14. The zero-order chi connectivity index (χ0) is 17.6. The van der Waals surface area contributed by atoms with Crippen molar-refractivity contribution in [3.05, 3.63) is 42.2 Å². The predicted octanol–water partition coefficient (Wildman–Crippen LogP) is 2.23. The number of nitrogens with one attached hydrogen (secondary N) is 1. The number of imidazole rings is 1. The molecule has 1 aliphatic rings. The van der Waals surface area contributed by atoms with Gasteiger partial charge in [0.15, 0.2) is 0 Å². The third kappa shape index (κ3) is 4.39. The van der Waals surface area contributed by atoms with Crippen molar-refractivity contribution in [1.82, 2.24) is 14.5 Å². The number of aryl methyl sites for hydroxylation is 2. The highest BCUT2D eigenvalue weighted by Gasteiger charge is 2.21. The summed E-state index contributed by atoms with van der Waals surface area (Å²) in [7, 11) is 0. The third-order valence-corrected chi connectivity index (χ3v) is 4.70. The van der Waals surface area contributed by atoms with Crippen molar-refractivity contribution in [2.24, 2.45) is 0 Å². The van der Waals surface area contributed by atoms with Crippen LogP contribution >= 0.6 is 0 Å². The van der Waals surface area contributed by atoms with Gasteiger partial charge in [0.05, 0.1) is 6.54 Å². The van der Waals surface area contributed by atoms with Gasteiger partial charge in [0.25, 0.3) is 0 Å². The van der Waals surface area contributed by atoms with Gasteiger partial charge in [-0.15, -0.1) is 0 Å². The number of carbonyl (C=O) groups excluding carboxylic acids is 1. The van der Waals surface area contributed by atoms with E-state index in [0.717, 1.165) is 50.8 Å². The largest absolute Gasteiger partial charge is 0.340 e. The normalized spacial score (nSPS) is 15.4. The highest BCUT2D eigenvalue weighted by molar-refractivity contribution is 5.92. The van der Waals surface area contributed by atoms with Crippen LogP contribution in [0.4, 0.5) is 11.6 Å². The fraction of sp³-hybridized carbons (Fsp3) is 0.474. The van der Waals surface area contributed by atoms with Gasteiger partial charge >= 0.3 is 0 Å². The van der Waals surface area contributed by atoms with Gasteiger partial charge in [-0.05, 0) is 31.0 Å². The Balaban J connectivity index is 1.47. The Morgan fingerprint density at radius 2 is 1.84 bits per heavy atom. The van der Waals surface area contributed by atoms with E-state index in [2.05, 4.69) is 50.6 Å². The van der Waals surface area contributed by atoms with Gasteiger partial charge < -0.3 is 14.8 Å². The van der Waals surface area contributed by atoms with Crippen molar-refractivity contribution >= 4 is 17.5 Å². The van der Waals surface area contributed by atoms with Crippen LogP contribution in [-0.2, 0) is 17.8 Å². The number of benzene rings is 1. The standard InChI is InChI=1S/C19H27N5O/c1-3-16-5-7-17(8-6-16)21-18(25)15-22-11-13-24(14-12-22)19-20-9-10-23(19)4-2/h5-10H,3-4,11-15H2,1-2H3,(H,21,25). The van der Waals surface area contributed by atoms with Crippen molar-refractivity contribution in [3.8, 4) is 0 Å². The minimum absolute atomic E-state index is 0.0488. The van der Waals surface area contributed by atoms with E-state index < -0.39 is 0 Å². The molecule has 0 unspecified atom stereocenters. The summed E-state index contributed by atoms with van der Waals surface area (Å²) < 4.78 is 2.16. The number of rotatable bonds is 6. The van der Waals surface area contributed by atoms with Gasteiger partial charge in [-0.25, -0.2) is 4.98 Å². The molecule has 0 bridgehead atoms. The molecule has 134 valence electrons. The van der Waals surface area contributed by atoms with E-state index in [1.165, 1.54) is 5.56 Å². The molecule has 2 heterocycles. The third-order valence-electron chi connectivity index (χ3n) is 4.70. The number of carbonyl (C=O) groups is 1. The molecular weight excluding hydrogens is 314 g/mol. The summed E-state index contributed by atoms with van der Waals surface area (Å²) in [5.41, 5.74) is 2.14. The zero-order valence-corrected chi connectivity index (χ0v) is 15.1. The Morgan fingerprint density at radius 3 is 2.48 bits per heavy atom. The number of piperazine rings is 1. The van der Waals surface area contributed by atoms with Crippen LogP contribution in [0.25, 0.3) is 0 Å². The Labute approximate surface area is 149 Å². The smallest absolute Gasteiger partial charge is 0.238 e. The minimum atomic E-state index is 0.0488. The summed E-state index contributed by atoms with van der Waals surface area (Å²) >= 11 is 0. The number of nitrogens with zero attached hydrogens (tertiary/aromatic N) is 4. The van der Waals surface area contributed by atoms with Crippen LogP contribution < -0.4 is 10.2 Å². The monoisotopic (exact) mass is 341 g/mol. The van der Waals surface area contributed by atoms with E-state index in [-0.39, 0.29) is 5.91 Å². The molecule has 6 nitrogen and oxygen atoms in total. The van der Waals surface area contributed by atoms with E-state index in [9.17, 15) is 4.79 Å². The van der Waals surface area contributed by atoms with Gasteiger partial charge in [0, 0.05) is 50.8 Å². The molecule has 1 aliphatic heterocycles. The summed E-state index contributed by atoms with van der Waals surface area (Å²) in [6.07, 6.45) is 4.87. The average molecular weight is 341 g/mol. The van der Waals surface area contributed by atoms with Crippen molar-refractivity contribution in [1.29, 1.82) is 0 Å². The molecule has 1 saturated heterocycles. The van der Waals surface area contributed by atoms with Crippen LogP contribution in [0.2, 0.25) is 0 Å². The topological polar surface area (TPSA) is 53.4 Å². The lowest BCUT2D eigenvalue weighted by Crippen LogP contribution is -2.49. The second-order valence-electron chi connectivity index (χ2n) is 6.38. The molecule has 1 N–H and O–H groups in total. The first-order chi connectivity index (χ1) is 12.2. The number of hydrogen-bond donors (Lipinski definition) is 1. The summed E-state index contributed by atoms with van der Waals surface area (Å²) in [5, 5.41) is 2.99. The molecule has 6 heteroatoms. The van der Waals surface area contributed by atoms with Gasteiger partial charge in [-0.1, -0.05) is 19.1 Å². The van der Waals surface area contributed by atoms with Crippen LogP contribution in [0.3, 0.4) is 0 Å². The summed E-state index contributed by atoms with van der Waals surface area (Å²) in [6.45, 7) is 9.15. The van der Waals surface area contributed by atoms with Gasteiger partial charge in [0.2, 0.25) is 11.9 Å². The molecule has 1 aromatic carbocycles. The molecule has 3 rings (SSSR count). The van der Waals surface area contributed by atoms with E-state index in [0.29, 0.717) is 6.54 Å². The number of hydrogen-bond acceptors (Lipinski definition) is 4. The number of aromatic nitrogens is 2. The molecule has 25 heavy (non-hydrogen) atoms. The number of amides is 1. The Morgan fingerprint density at radius 1 is 1.12 bits per heavy atom. The number of anilines is 2. The lowest BCUT2D eigenvalue weighted by Gasteiger charge is -2.35. The Hall–Kier alpha value is -2.34. The van der Waals surface area contributed by atoms with Crippen LogP contribution in [-0.4, -0.2) is 53.1 Å². The van der Waals surface area contributed by atoms with Crippen LogP contribution in [0, 0.1) is 0 Å². The highest BCUT2D eigenvalue weighted by atomic mass is 16.2. The zero-order valence-electron chi connectivity index (χ0n) is 15.1. The second kappa shape index (κ2) is 8.16. The first kappa shape index (κ1) is 17.5. The fourth-order valence-electron chi connectivity index (χ4n) is 3.16. The summed E-state index contributed by atoms with van der Waals surface area (Å²) in [5.74, 6) is 1.08. The molecule has 0 atom stereocenters. The summed E-state index contributed by atoms with van der Waals surface area (Å²) in [4.78, 5) is 21.2. The van der Waals surface area contributed by atoms with Crippen LogP contribution in [0.5, 0.6) is 0 Å². The van der Waals surface area contributed by atoms with E-state index in [1.807, 2.05) is 24.5 Å². The average Bonchev–Trinajstić information content (AvgIpc) is 3.11. The van der Waals surface area contributed by atoms with E-state index in [1.54, 1.807) is 0 Å². The quantitative estimate of drug-likeness (QED) is 0.875. The molecule has 1 amide bonds. The summed E-state index contributed by atoms with van der Waals surface area (Å²) in [6, 6.07) is 8.06. The van der Waals surface area contributed by atoms with E-state index >= 15 is 0 Å². The van der Waals surface area contributed by atoms with E-state index in [4.69, 9.17) is 0 Å². The van der Waals surface area contributed by atoms with Crippen molar-refractivity contribution in [2.45, 2.75) is 26.8 Å². The molecular formula is C19H27N5O. The lowest BCUT2D eigenvalue weighted by atomic mass is 10.1. The van der Waals surface area contributed by atoms with Gasteiger partial charge in [0.1, 0.15) is 0 Å². The van der Waals surface area contributed by atoms with Crippen LogP contribution in [0.15, 0.2) is 36.7 Å². The molecule has 2 aromatic rings. The van der Waals surface area contributed by atoms with Gasteiger partial charge in [-0.2, -0.15) is 0 Å². The first-order valence-corrected chi connectivity index (χ1v) is 9.06. The molecule has 0 aliphatic carbocycles. The lowest BCUT2D eigenvalue weighted by molar-refractivity contribution is -0.117. The SMILES string of the molecule is CCc1ccc(NC(=O)CN2CCN(c3nccn3CC)CC2)cc1. The van der Waals surface area contributed by atoms with Gasteiger partial charge in [-0.3, -0.25) is 9.69 Å². The first-order valence-electron chi connectivity index (χ1n) is 9.06. The second-order valence-corrected chi connectivity index (χ2v) is 6.38. The molecule has 0 radical (unpaired) electrons. The van der Waals surface area contributed by atoms with Crippen molar-refractivity contribution in [3.63, 3.8) is 0 Å². The molecule has 0 saturated carbocycles. The molecule has 0 spiro atoms. The van der Waals surface area contributed by atoms with Crippen molar-refractivity contribution in [2.75, 3.05) is 42.9 Å². The maximum Gasteiger partial charge on any atom is 0.238 e. The van der Waals surface area contributed by atoms with Crippen molar-refractivity contribution < 1.29 is 4.79 Å². The Bertz CT molecular complexity index is 686. The maximum absolute atomic E-state index is 12.3. The fourth-order valence-corrected chi connectivity index (χ4v) is 3.16. The predicted molar refractivity (Wildman–Crippen MR) is 101 cm³/mol.